The highest BCUT2D eigenvalue weighted by Gasteiger charge is 2.28. The maximum absolute atomic E-state index is 6.37. The van der Waals surface area contributed by atoms with Crippen LogP contribution in [-0.2, 0) is 19.9 Å². The monoisotopic (exact) mass is 269 g/mol. The molecule has 1 aromatic heterocycles. The van der Waals surface area contributed by atoms with Crippen molar-refractivity contribution in [3.8, 4) is 0 Å². The van der Waals surface area contributed by atoms with Gasteiger partial charge in [-0.15, -0.1) is 0 Å². The smallest absolute Gasteiger partial charge is 0.0850 e. The normalized spacial score (nSPS) is 25.6. The third-order valence-corrected chi connectivity index (χ3v) is 4.71. The van der Waals surface area contributed by atoms with Crippen molar-refractivity contribution in [1.82, 2.24) is 9.78 Å². The predicted molar refractivity (Wildman–Crippen MR) is 75.8 cm³/mol. The Morgan fingerprint density at radius 2 is 2.22 bits per heavy atom. The summed E-state index contributed by atoms with van der Waals surface area (Å²) in [5, 5.41) is 5.27. The Kier molecular flexibility index (Phi) is 4.33. The van der Waals surface area contributed by atoms with E-state index in [1.807, 2.05) is 11.7 Å². The lowest BCUT2D eigenvalue weighted by Gasteiger charge is -2.19. The summed E-state index contributed by atoms with van der Waals surface area (Å²) in [6.45, 7) is 4.40. The van der Waals surface area contributed by atoms with Crippen LogP contribution in [-0.4, -0.2) is 15.8 Å². The standard InChI is InChI=1S/C14H24ClN3/c1-4-12-14(15)13(18(3)17-12)8-11(16)10-6-5-9(2)7-10/h9-11H,4-8,16H2,1-3H3. The highest BCUT2D eigenvalue weighted by atomic mass is 35.5. The average molecular weight is 270 g/mol. The Hall–Kier alpha value is -0.540. The van der Waals surface area contributed by atoms with Crippen LogP contribution in [0.2, 0.25) is 5.02 Å². The fourth-order valence-corrected chi connectivity index (χ4v) is 3.44. The van der Waals surface area contributed by atoms with Crippen molar-refractivity contribution >= 4 is 11.6 Å². The molecule has 1 aliphatic rings. The van der Waals surface area contributed by atoms with Gasteiger partial charge in [-0.1, -0.05) is 31.9 Å². The van der Waals surface area contributed by atoms with E-state index in [1.165, 1.54) is 19.3 Å². The van der Waals surface area contributed by atoms with E-state index < -0.39 is 0 Å². The molecule has 18 heavy (non-hydrogen) atoms. The van der Waals surface area contributed by atoms with Crippen molar-refractivity contribution < 1.29 is 0 Å². The highest BCUT2D eigenvalue weighted by molar-refractivity contribution is 6.31. The molecule has 1 aliphatic carbocycles. The van der Waals surface area contributed by atoms with Crippen LogP contribution in [0.25, 0.3) is 0 Å². The fourth-order valence-electron chi connectivity index (χ4n) is 3.07. The summed E-state index contributed by atoms with van der Waals surface area (Å²) in [6.07, 6.45) is 5.56. The second kappa shape index (κ2) is 5.62. The van der Waals surface area contributed by atoms with Crippen molar-refractivity contribution in [2.24, 2.45) is 24.6 Å². The van der Waals surface area contributed by atoms with E-state index in [1.54, 1.807) is 0 Å². The van der Waals surface area contributed by atoms with E-state index in [9.17, 15) is 0 Å². The first kappa shape index (κ1) is 13.9. The van der Waals surface area contributed by atoms with Crippen LogP contribution in [0.1, 0.15) is 44.5 Å². The van der Waals surface area contributed by atoms with Gasteiger partial charge in [0.15, 0.2) is 0 Å². The Morgan fingerprint density at radius 1 is 1.50 bits per heavy atom. The number of rotatable bonds is 4. The van der Waals surface area contributed by atoms with Gasteiger partial charge in [0.25, 0.3) is 0 Å². The van der Waals surface area contributed by atoms with Crippen molar-refractivity contribution in [2.45, 2.75) is 52.0 Å². The topological polar surface area (TPSA) is 43.8 Å². The van der Waals surface area contributed by atoms with Crippen LogP contribution >= 0.6 is 11.6 Å². The van der Waals surface area contributed by atoms with Crippen molar-refractivity contribution in [1.29, 1.82) is 0 Å². The van der Waals surface area contributed by atoms with Gasteiger partial charge in [0.2, 0.25) is 0 Å². The van der Waals surface area contributed by atoms with Crippen LogP contribution in [0.4, 0.5) is 0 Å². The van der Waals surface area contributed by atoms with Crippen LogP contribution in [0.5, 0.6) is 0 Å². The third kappa shape index (κ3) is 2.72. The summed E-state index contributed by atoms with van der Waals surface area (Å²) >= 11 is 6.37. The van der Waals surface area contributed by atoms with Gasteiger partial charge >= 0.3 is 0 Å². The second-order valence-electron chi connectivity index (χ2n) is 5.73. The Morgan fingerprint density at radius 3 is 2.72 bits per heavy atom. The average Bonchev–Trinajstić information content (AvgIpc) is 2.87. The zero-order valence-electron chi connectivity index (χ0n) is 11.6. The summed E-state index contributed by atoms with van der Waals surface area (Å²) in [7, 11) is 1.96. The van der Waals surface area contributed by atoms with Crippen LogP contribution in [0.15, 0.2) is 0 Å². The molecule has 3 unspecified atom stereocenters. The molecule has 0 radical (unpaired) electrons. The van der Waals surface area contributed by atoms with Crippen molar-refractivity contribution in [2.75, 3.05) is 0 Å². The van der Waals surface area contributed by atoms with Gasteiger partial charge in [-0.05, 0) is 31.1 Å². The summed E-state index contributed by atoms with van der Waals surface area (Å²) in [5.41, 5.74) is 8.45. The van der Waals surface area contributed by atoms with E-state index in [4.69, 9.17) is 17.3 Å². The minimum atomic E-state index is 0.215. The molecule has 1 saturated carbocycles. The van der Waals surface area contributed by atoms with Crippen LogP contribution in [0.3, 0.4) is 0 Å². The fraction of sp³-hybridized carbons (Fsp3) is 0.786. The molecule has 0 amide bonds. The van der Waals surface area contributed by atoms with Gasteiger partial charge in [0, 0.05) is 19.5 Å². The number of hydrogen-bond acceptors (Lipinski definition) is 2. The first-order valence-electron chi connectivity index (χ1n) is 6.98. The lowest BCUT2D eigenvalue weighted by atomic mass is 9.94. The Bertz CT molecular complexity index is 413. The van der Waals surface area contributed by atoms with Crippen LogP contribution in [0, 0.1) is 11.8 Å². The lowest BCUT2D eigenvalue weighted by Crippen LogP contribution is -2.31. The third-order valence-electron chi connectivity index (χ3n) is 4.27. The van der Waals surface area contributed by atoms with E-state index in [-0.39, 0.29) is 6.04 Å². The van der Waals surface area contributed by atoms with Gasteiger partial charge < -0.3 is 5.73 Å². The lowest BCUT2D eigenvalue weighted by molar-refractivity contribution is 0.408. The largest absolute Gasteiger partial charge is 0.327 e. The minimum absolute atomic E-state index is 0.215. The number of aryl methyl sites for hydroxylation is 2. The van der Waals surface area contributed by atoms with E-state index in [2.05, 4.69) is 18.9 Å². The molecule has 0 aliphatic heterocycles. The maximum Gasteiger partial charge on any atom is 0.0850 e. The summed E-state index contributed by atoms with van der Waals surface area (Å²) in [5.74, 6) is 1.48. The van der Waals surface area contributed by atoms with Crippen molar-refractivity contribution in [3.05, 3.63) is 16.4 Å². The molecule has 4 heteroatoms. The summed E-state index contributed by atoms with van der Waals surface area (Å²) in [6, 6.07) is 0.215. The zero-order valence-corrected chi connectivity index (χ0v) is 12.4. The van der Waals surface area contributed by atoms with E-state index in [0.717, 1.165) is 35.2 Å². The second-order valence-corrected chi connectivity index (χ2v) is 6.11. The first-order valence-corrected chi connectivity index (χ1v) is 7.36. The number of nitrogens with two attached hydrogens (primary N) is 1. The summed E-state index contributed by atoms with van der Waals surface area (Å²) in [4.78, 5) is 0. The molecule has 0 saturated heterocycles. The predicted octanol–water partition coefficient (Wildman–Crippen LogP) is 2.94. The van der Waals surface area contributed by atoms with Gasteiger partial charge in [-0.3, -0.25) is 4.68 Å². The molecule has 0 bridgehead atoms. The number of nitrogens with zero attached hydrogens (tertiary/aromatic N) is 2. The highest BCUT2D eigenvalue weighted by Crippen LogP contribution is 2.33. The van der Waals surface area contributed by atoms with Gasteiger partial charge in [0.05, 0.1) is 16.4 Å². The summed E-state index contributed by atoms with van der Waals surface area (Å²) < 4.78 is 1.90. The molecule has 0 spiro atoms. The zero-order chi connectivity index (χ0) is 13.3. The Labute approximate surface area is 115 Å². The Balaban J connectivity index is 2.07. The molecule has 2 N–H and O–H groups in total. The van der Waals surface area contributed by atoms with Gasteiger partial charge in [0.1, 0.15) is 0 Å². The molecule has 1 heterocycles. The SMILES string of the molecule is CCc1nn(C)c(CC(N)C2CCC(C)C2)c1Cl. The number of hydrogen-bond donors (Lipinski definition) is 1. The number of aromatic nitrogens is 2. The molecule has 1 fully saturated rings. The van der Waals surface area contributed by atoms with Gasteiger partial charge in [-0.2, -0.15) is 5.10 Å². The molecule has 0 aromatic carbocycles. The molecular formula is C14H24ClN3. The quantitative estimate of drug-likeness (QED) is 0.913. The first-order chi connectivity index (χ1) is 8.52. The van der Waals surface area contributed by atoms with Crippen molar-refractivity contribution in [3.63, 3.8) is 0 Å². The molecule has 3 atom stereocenters. The molecule has 3 nitrogen and oxygen atoms in total. The number of halogens is 1. The van der Waals surface area contributed by atoms with Crippen LogP contribution < -0.4 is 5.73 Å². The molecular weight excluding hydrogens is 246 g/mol. The van der Waals surface area contributed by atoms with E-state index >= 15 is 0 Å². The molecule has 1 aromatic rings. The van der Waals surface area contributed by atoms with Gasteiger partial charge in [-0.25, -0.2) is 0 Å². The van der Waals surface area contributed by atoms with E-state index in [0.29, 0.717) is 5.92 Å². The minimum Gasteiger partial charge on any atom is -0.327 e. The molecule has 102 valence electrons. The maximum atomic E-state index is 6.37. The molecule has 2 rings (SSSR count).